The van der Waals surface area contributed by atoms with Crippen LogP contribution in [0.1, 0.15) is 28.4 Å². The molecule has 0 radical (unpaired) electrons. The summed E-state index contributed by atoms with van der Waals surface area (Å²) >= 11 is 5.12. The van der Waals surface area contributed by atoms with Crippen molar-refractivity contribution < 1.29 is 4.79 Å². The molecule has 0 aliphatic carbocycles. The molecule has 0 saturated carbocycles. The third kappa shape index (κ3) is 3.90. The molecule has 0 aliphatic rings. The Bertz CT molecular complexity index is 732. The Balaban J connectivity index is 2.02. The van der Waals surface area contributed by atoms with Crippen LogP contribution in [0, 0.1) is 11.3 Å². The molecule has 0 heterocycles. The average Bonchev–Trinajstić information content (AvgIpc) is 2.55. The zero-order chi connectivity index (χ0) is 15.9. The molecular formula is C17H15N3OS. The van der Waals surface area contributed by atoms with Crippen LogP contribution in [0.25, 0.3) is 0 Å². The molecule has 110 valence electrons. The lowest BCUT2D eigenvalue weighted by molar-refractivity contribution is 0.0977. The van der Waals surface area contributed by atoms with Crippen LogP contribution in [-0.2, 0) is 6.42 Å². The Labute approximate surface area is 134 Å². The van der Waals surface area contributed by atoms with Crippen molar-refractivity contribution in [3.05, 3.63) is 65.2 Å². The van der Waals surface area contributed by atoms with Crippen molar-refractivity contribution in [2.75, 3.05) is 5.32 Å². The van der Waals surface area contributed by atoms with Crippen LogP contribution in [0.2, 0.25) is 0 Å². The van der Waals surface area contributed by atoms with Gasteiger partial charge in [-0.2, -0.15) is 5.26 Å². The van der Waals surface area contributed by atoms with Crippen molar-refractivity contribution in [2.45, 2.75) is 13.3 Å². The highest BCUT2D eigenvalue weighted by molar-refractivity contribution is 7.80. The lowest BCUT2D eigenvalue weighted by atomic mass is 10.1. The van der Waals surface area contributed by atoms with Gasteiger partial charge in [-0.3, -0.25) is 10.1 Å². The minimum atomic E-state index is -0.283. The quantitative estimate of drug-likeness (QED) is 0.854. The first-order chi connectivity index (χ1) is 10.6. The van der Waals surface area contributed by atoms with Crippen LogP contribution in [0.4, 0.5) is 5.69 Å². The number of rotatable bonds is 3. The lowest BCUT2D eigenvalue weighted by Gasteiger charge is -2.10. The van der Waals surface area contributed by atoms with Gasteiger partial charge in [0.05, 0.1) is 11.3 Å². The summed E-state index contributed by atoms with van der Waals surface area (Å²) in [5, 5.41) is 14.6. The van der Waals surface area contributed by atoms with Gasteiger partial charge in [-0.1, -0.05) is 31.2 Å². The maximum absolute atomic E-state index is 12.1. The molecule has 1 amide bonds. The number of anilines is 1. The molecule has 22 heavy (non-hydrogen) atoms. The molecule has 0 atom stereocenters. The largest absolute Gasteiger partial charge is 0.331 e. The predicted molar refractivity (Wildman–Crippen MR) is 90.7 cm³/mol. The topological polar surface area (TPSA) is 64.9 Å². The first-order valence-corrected chi connectivity index (χ1v) is 7.25. The normalized spacial score (nSPS) is 9.64. The maximum Gasteiger partial charge on any atom is 0.257 e. The highest BCUT2D eigenvalue weighted by Crippen LogP contribution is 2.13. The van der Waals surface area contributed by atoms with Gasteiger partial charge in [-0.05, 0) is 48.5 Å². The molecule has 0 unspecified atom stereocenters. The van der Waals surface area contributed by atoms with E-state index in [1.54, 1.807) is 36.4 Å². The molecule has 0 fully saturated rings. The Morgan fingerprint density at radius 3 is 2.50 bits per heavy atom. The van der Waals surface area contributed by atoms with Crippen LogP contribution in [0.5, 0.6) is 0 Å². The second-order valence-electron chi connectivity index (χ2n) is 4.62. The molecular weight excluding hydrogens is 294 g/mol. The second kappa shape index (κ2) is 7.34. The summed E-state index contributed by atoms with van der Waals surface area (Å²) in [6.07, 6.45) is 0.923. The van der Waals surface area contributed by atoms with Crippen molar-refractivity contribution in [3.63, 3.8) is 0 Å². The van der Waals surface area contributed by atoms with Crippen molar-refractivity contribution in [3.8, 4) is 6.07 Å². The fourth-order valence-corrected chi connectivity index (χ4v) is 2.11. The third-order valence-electron chi connectivity index (χ3n) is 3.15. The summed E-state index contributed by atoms with van der Waals surface area (Å²) < 4.78 is 0. The van der Waals surface area contributed by atoms with Crippen LogP contribution in [-0.4, -0.2) is 11.0 Å². The number of nitrogens with zero attached hydrogens (tertiary/aromatic N) is 1. The van der Waals surface area contributed by atoms with Gasteiger partial charge in [0.25, 0.3) is 5.91 Å². The standard InChI is InChI=1S/C17H15N3OS/c1-2-12-7-9-13(10-8-12)16(21)20-17(22)19-15-6-4-3-5-14(15)11-18/h3-10H,2H2,1H3,(H2,19,20,21,22). The van der Waals surface area contributed by atoms with Crippen LogP contribution < -0.4 is 10.6 Å². The maximum atomic E-state index is 12.1. The zero-order valence-electron chi connectivity index (χ0n) is 12.1. The summed E-state index contributed by atoms with van der Waals surface area (Å²) in [5.41, 5.74) is 2.73. The van der Waals surface area contributed by atoms with E-state index in [1.807, 2.05) is 12.1 Å². The summed E-state index contributed by atoms with van der Waals surface area (Å²) in [6, 6.07) is 16.4. The van der Waals surface area contributed by atoms with Crippen molar-refractivity contribution in [2.24, 2.45) is 0 Å². The van der Waals surface area contributed by atoms with E-state index in [4.69, 9.17) is 17.5 Å². The Morgan fingerprint density at radius 1 is 1.18 bits per heavy atom. The number of thiocarbonyl (C=S) groups is 1. The highest BCUT2D eigenvalue weighted by Gasteiger charge is 2.09. The molecule has 4 nitrogen and oxygen atoms in total. The van der Waals surface area contributed by atoms with Gasteiger partial charge in [-0.25, -0.2) is 0 Å². The van der Waals surface area contributed by atoms with Gasteiger partial charge in [0.2, 0.25) is 0 Å². The molecule has 0 bridgehead atoms. The molecule has 2 rings (SSSR count). The summed E-state index contributed by atoms with van der Waals surface area (Å²) in [4.78, 5) is 12.1. The van der Waals surface area contributed by atoms with E-state index in [0.717, 1.165) is 6.42 Å². The molecule has 0 aromatic heterocycles. The van der Waals surface area contributed by atoms with E-state index in [1.165, 1.54) is 5.56 Å². The zero-order valence-corrected chi connectivity index (χ0v) is 12.9. The number of benzene rings is 2. The van der Waals surface area contributed by atoms with Gasteiger partial charge in [0.15, 0.2) is 5.11 Å². The van der Waals surface area contributed by atoms with Crippen molar-refractivity contribution in [1.29, 1.82) is 5.26 Å². The molecule has 5 heteroatoms. The molecule has 2 N–H and O–H groups in total. The fourth-order valence-electron chi connectivity index (χ4n) is 1.91. The minimum Gasteiger partial charge on any atom is -0.331 e. The SMILES string of the molecule is CCc1ccc(C(=O)NC(=S)Nc2ccccc2C#N)cc1. The number of hydrogen-bond acceptors (Lipinski definition) is 3. The van der Waals surface area contributed by atoms with E-state index in [2.05, 4.69) is 23.6 Å². The first-order valence-electron chi connectivity index (χ1n) is 6.84. The minimum absolute atomic E-state index is 0.160. The number of carbonyl (C=O) groups excluding carboxylic acids is 1. The molecule has 0 saturated heterocycles. The van der Waals surface area contributed by atoms with Gasteiger partial charge in [0.1, 0.15) is 6.07 Å². The number of aryl methyl sites for hydroxylation is 1. The molecule has 2 aromatic rings. The molecule has 0 spiro atoms. The number of nitrogens with one attached hydrogen (secondary N) is 2. The number of hydrogen-bond donors (Lipinski definition) is 2. The smallest absolute Gasteiger partial charge is 0.257 e. The predicted octanol–water partition coefficient (Wildman–Crippen LogP) is 3.25. The van der Waals surface area contributed by atoms with Crippen LogP contribution in [0.3, 0.4) is 0 Å². The molecule has 2 aromatic carbocycles. The van der Waals surface area contributed by atoms with Crippen LogP contribution in [0.15, 0.2) is 48.5 Å². The third-order valence-corrected chi connectivity index (χ3v) is 3.35. The number of nitriles is 1. The summed E-state index contributed by atoms with van der Waals surface area (Å²) in [6.45, 7) is 2.06. The van der Waals surface area contributed by atoms with Gasteiger partial charge in [0, 0.05) is 5.56 Å². The highest BCUT2D eigenvalue weighted by atomic mass is 32.1. The van der Waals surface area contributed by atoms with Crippen molar-refractivity contribution in [1.82, 2.24) is 5.32 Å². The van der Waals surface area contributed by atoms with Crippen LogP contribution >= 0.6 is 12.2 Å². The Hall–Kier alpha value is -2.71. The Morgan fingerprint density at radius 2 is 1.86 bits per heavy atom. The monoisotopic (exact) mass is 309 g/mol. The van der Waals surface area contributed by atoms with E-state index < -0.39 is 0 Å². The Kier molecular flexibility index (Phi) is 5.23. The average molecular weight is 309 g/mol. The van der Waals surface area contributed by atoms with Gasteiger partial charge < -0.3 is 5.32 Å². The summed E-state index contributed by atoms with van der Waals surface area (Å²) in [5.74, 6) is -0.283. The first kappa shape index (κ1) is 15.7. The second-order valence-corrected chi connectivity index (χ2v) is 5.02. The van der Waals surface area contributed by atoms with Gasteiger partial charge in [-0.15, -0.1) is 0 Å². The fraction of sp³-hybridized carbons (Fsp3) is 0.118. The van der Waals surface area contributed by atoms with E-state index in [-0.39, 0.29) is 11.0 Å². The number of carbonyl (C=O) groups is 1. The van der Waals surface area contributed by atoms with Crippen molar-refractivity contribution >= 4 is 28.9 Å². The van der Waals surface area contributed by atoms with E-state index in [9.17, 15) is 4.79 Å². The van der Waals surface area contributed by atoms with E-state index in [0.29, 0.717) is 16.8 Å². The number of para-hydroxylation sites is 1. The summed E-state index contributed by atoms with van der Waals surface area (Å²) in [7, 11) is 0. The van der Waals surface area contributed by atoms with Gasteiger partial charge >= 0.3 is 0 Å². The number of amides is 1. The van der Waals surface area contributed by atoms with E-state index >= 15 is 0 Å². The lowest BCUT2D eigenvalue weighted by Crippen LogP contribution is -2.34. The molecule has 0 aliphatic heterocycles.